The number of hydrogen-bond donors (Lipinski definition) is 1. The van der Waals surface area contributed by atoms with E-state index in [-0.39, 0.29) is 11.9 Å². The largest absolute Gasteiger partial charge is 0.449 e. The summed E-state index contributed by atoms with van der Waals surface area (Å²) >= 11 is 0. The molecule has 23 heavy (non-hydrogen) atoms. The Bertz CT molecular complexity index is 675. The molecule has 0 bridgehead atoms. The van der Waals surface area contributed by atoms with Crippen LogP contribution in [0.3, 0.4) is 0 Å². The molecule has 1 aromatic carbocycles. The first-order valence-electron chi connectivity index (χ1n) is 8.37. The number of piperidine rings is 1. The number of rotatable bonds is 4. The highest BCUT2D eigenvalue weighted by Gasteiger charge is 2.26. The fraction of sp³-hybridized carbons (Fsp3) is 0.500. The summed E-state index contributed by atoms with van der Waals surface area (Å²) in [5.41, 5.74) is 2.11. The normalized spacial score (nSPS) is 16.0. The van der Waals surface area contributed by atoms with Crippen LogP contribution >= 0.6 is 0 Å². The molecule has 1 aliphatic rings. The third kappa shape index (κ3) is 3.49. The van der Waals surface area contributed by atoms with E-state index in [4.69, 9.17) is 4.74 Å². The molecule has 0 atom stereocenters. The summed E-state index contributed by atoms with van der Waals surface area (Å²) in [6, 6.07) is 4.83. The minimum Gasteiger partial charge on any atom is -0.449 e. The molecule has 5 heteroatoms. The molecule has 1 aromatic heterocycles. The molecule has 2 heterocycles. The van der Waals surface area contributed by atoms with Crippen molar-refractivity contribution in [1.82, 2.24) is 9.88 Å². The summed E-state index contributed by atoms with van der Waals surface area (Å²) in [6.45, 7) is 3.95. The van der Waals surface area contributed by atoms with Gasteiger partial charge in [0.15, 0.2) is 0 Å². The number of unbranched alkanes of at least 4 members (excludes halogenated alkanes) is 1. The average molecular weight is 318 g/mol. The predicted octanol–water partition coefficient (Wildman–Crippen LogP) is 4.42. The molecule has 1 saturated heterocycles. The van der Waals surface area contributed by atoms with Gasteiger partial charge in [-0.3, -0.25) is 0 Å². The van der Waals surface area contributed by atoms with Crippen LogP contribution in [0.4, 0.5) is 9.18 Å². The molecule has 2 aromatic rings. The lowest BCUT2D eigenvalue weighted by molar-refractivity contribution is 0.0916. The van der Waals surface area contributed by atoms with Crippen molar-refractivity contribution in [1.29, 1.82) is 0 Å². The van der Waals surface area contributed by atoms with E-state index in [2.05, 4.69) is 11.9 Å². The van der Waals surface area contributed by atoms with Gasteiger partial charge in [-0.05, 0) is 48.9 Å². The number of carbonyl (C=O) groups is 1. The van der Waals surface area contributed by atoms with Crippen molar-refractivity contribution in [3.05, 3.63) is 35.8 Å². The molecule has 3 rings (SSSR count). The SMILES string of the molecule is CCCCOC(=O)N1CCC(c2c[nH]c3ccc(F)cc23)CC1. The van der Waals surface area contributed by atoms with Crippen LogP contribution in [-0.4, -0.2) is 35.7 Å². The zero-order chi connectivity index (χ0) is 16.2. The Morgan fingerprint density at radius 1 is 1.39 bits per heavy atom. The van der Waals surface area contributed by atoms with E-state index in [0.29, 0.717) is 25.6 Å². The van der Waals surface area contributed by atoms with Crippen LogP contribution in [0.15, 0.2) is 24.4 Å². The number of ether oxygens (including phenoxy) is 1. The van der Waals surface area contributed by atoms with Gasteiger partial charge in [-0.2, -0.15) is 0 Å². The summed E-state index contributed by atoms with van der Waals surface area (Å²) in [4.78, 5) is 17.0. The Labute approximate surface area is 135 Å². The zero-order valence-corrected chi connectivity index (χ0v) is 13.5. The number of likely N-dealkylation sites (tertiary alicyclic amines) is 1. The Balaban J connectivity index is 1.62. The molecule has 124 valence electrons. The molecular formula is C18H23FN2O2. The van der Waals surface area contributed by atoms with E-state index in [0.717, 1.165) is 42.1 Å². The monoisotopic (exact) mass is 318 g/mol. The van der Waals surface area contributed by atoms with Crippen molar-refractivity contribution < 1.29 is 13.9 Å². The molecule has 1 aliphatic heterocycles. The number of benzene rings is 1. The van der Waals surface area contributed by atoms with E-state index >= 15 is 0 Å². The van der Waals surface area contributed by atoms with Crippen molar-refractivity contribution >= 4 is 17.0 Å². The highest BCUT2D eigenvalue weighted by atomic mass is 19.1. The summed E-state index contributed by atoms with van der Waals surface area (Å²) in [6.07, 6.45) is 5.46. The van der Waals surface area contributed by atoms with Crippen molar-refractivity contribution in [3.63, 3.8) is 0 Å². The van der Waals surface area contributed by atoms with E-state index in [1.807, 2.05) is 6.20 Å². The van der Waals surface area contributed by atoms with Crippen LogP contribution in [0.5, 0.6) is 0 Å². The molecule has 0 saturated carbocycles. The van der Waals surface area contributed by atoms with Crippen LogP contribution in [-0.2, 0) is 4.74 Å². The van der Waals surface area contributed by atoms with Crippen molar-refractivity contribution in [3.8, 4) is 0 Å². The molecule has 0 spiro atoms. The summed E-state index contributed by atoms with van der Waals surface area (Å²) in [7, 11) is 0. The van der Waals surface area contributed by atoms with Gasteiger partial charge >= 0.3 is 6.09 Å². The number of aromatic amines is 1. The molecule has 0 radical (unpaired) electrons. The maximum absolute atomic E-state index is 13.5. The van der Waals surface area contributed by atoms with Crippen LogP contribution in [0.25, 0.3) is 10.9 Å². The molecular weight excluding hydrogens is 295 g/mol. The Morgan fingerprint density at radius 3 is 2.91 bits per heavy atom. The third-order valence-corrected chi connectivity index (χ3v) is 4.59. The topological polar surface area (TPSA) is 45.3 Å². The Hall–Kier alpha value is -2.04. The first kappa shape index (κ1) is 15.8. The highest BCUT2D eigenvalue weighted by molar-refractivity contribution is 5.83. The van der Waals surface area contributed by atoms with E-state index < -0.39 is 0 Å². The number of aromatic nitrogens is 1. The summed E-state index contributed by atoms with van der Waals surface area (Å²) in [5.74, 6) is 0.139. The second-order valence-electron chi connectivity index (χ2n) is 6.16. The number of carbonyl (C=O) groups excluding carboxylic acids is 1. The molecule has 0 aliphatic carbocycles. The number of amides is 1. The summed E-state index contributed by atoms with van der Waals surface area (Å²) < 4.78 is 18.8. The molecule has 1 N–H and O–H groups in total. The van der Waals surface area contributed by atoms with Gasteiger partial charge in [0.05, 0.1) is 6.61 Å². The maximum Gasteiger partial charge on any atom is 0.409 e. The fourth-order valence-corrected chi connectivity index (χ4v) is 3.22. The van der Waals surface area contributed by atoms with Gasteiger partial charge in [-0.25, -0.2) is 9.18 Å². The first-order chi connectivity index (χ1) is 11.2. The van der Waals surface area contributed by atoms with E-state index in [1.54, 1.807) is 17.0 Å². The first-order valence-corrected chi connectivity index (χ1v) is 8.37. The summed E-state index contributed by atoms with van der Waals surface area (Å²) in [5, 5.41) is 0.953. The van der Waals surface area contributed by atoms with Crippen LogP contribution in [0.2, 0.25) is 0 Å². The van der Waals surface area contributed by atoms with Gasteiger partial charge in [0.2, 0.25) is 0 Å². The van der Waals surface area contributed by atoms with Crippen LogP contribution < -0.4 is 0 Å². The predicted molar refractivity (Wildman–Crippen MR) is 88.1 cm³/mol. The standard InChI is InChI=1S/C18H23FN2O2/c1-2-3-10-23-18(22)21-8-6-13(7-9-21)16-12-20-17-5-4-14(19)11-15(16)17/h4-5,11-13,20H,2-3,6-10H2,1H3. The number of nitrogens with zero attached hydrogens (tertiary/aromatic N) is 1. The number of fused-ring (bicyclic) bond motifs is 1. The molecule has 0 unspecified atom stereocenters. The lowest BCUT2D eigenvalue weighted by Crippen LogP contribution is -2.38. The Kier molecular flexibility index (Phi) is 4.84. The highest BCUT2D eigenvalue weighted by Crippen LogP contribution is 2.33. The second-order valence-corrected chi connectivity index (χ2v) is 6.16. The quantitative estimate of drug-likeness (QED) is 0.848. The average Bonchev–Trinajstić information content (AvgIpc) is 2.98. The third-order valence-electron chi connectivity index (χ3n) is 4.59. The lowest BCUT2D eigenvalue weighted by Gasteiger charge is -2.31. The fourth-order valence-electron chi connectivity index (χ4n) is 3.22. The smallest absolute Gasteiger partial charge is 0.409 e. The van der Waals surface area contributed by atoms with Gasteiger partial charge in [-0.1, -0.05) is 13.3 Å². The van der Waals surface area contributed by atoms with Crippen molar-refractivity contribution in [2.24, 2.45) is 0 Å². The zero-order valence-electron chi connectivity index (χ0n) is 13.5. The van der Waals surface area contributed by atoms with Crippen molar-refractivity contribution in [2.75, 3.05) is 19.7 Å². The van der Waals surface area contributed by atoms with Gasteiger partial charge in [0.1, 0.15) is 5.82 Å². The Morgan fingerprint density at radius 2 is 2.17 bits per heavy atom. The molecule has 1 amide bonds. The van der Waals surface area contributed by atoms with E-state index in [1.165, 1.54) is 6.07 Å². The van der Waals surface area contributed by atoms with Gasteiger partial charge in [-0.15, -0.1) is 0 Å². The molecule has 1 fully saturated rings. The van der Waals surface area contributed by atoms with Crippen LogP contribution in [0, 0.1) is 5.82 Å². The number of nitrogens with one attached hydrogen (secondary N) is 1. The number of halogens is 1. The van der Waals surface area contributed by atoms with Gasteiger partial charge in [0.25, 0.3) is 0 Å². The van der Waals surface area contributed by atoms with E-state index in [9.17, 15) is 9.18 Å². The van der Waals surface area contributed by atoms with Crippen LogP contribution in [0.1, 0.15) is 44.1 Å². The minimum absolute atomic E-state index is 0.207. The number of H-pyrrole nitrogens is 1. The minimum atomic E-state index is -0.213. The maximum atomic E-state index is 13.5. The van der Waals surface area contributed by atoms with Gasteiger partial charge < -0.3 is 14.6 Å². The van der Waals surface area contributed by atoms with Crippen molar-refractivity contribution in [2.45, 2.75) is 38.5 Å². The number of hydrogen-bond acceptors (Lipinski definition) is 2. The molecule has 4 nitrogen and oxygen atoms in total. The van der Waals surface area contributed by atoms with Gasteiger partial charge in [0, 0.05) is 30.2 Å². The second kappa shape index (κ2) is 7.02. The lowest BCUT2D eigenvalue weighted by atomic mass is 9.89.